The van der Waals surface area contributed by atoms with Crippen LogP contribution in [0.25, 0.3) is 0 Å². The molecule has 0 bridgehead atoms. The highest BCUT2D eigenvalue weighted by molar-refractivity contribution is 5.76. The lowest BCUT2D eigenvalue weighted by atomic mass is 9.80. The Kier molecular flexibility index (Phi) is 4.14. The van der Waals surface area contributed by atoms with E-state index in [1.165, 1.54) is 6.07 Å². The molecule has 19 heavy (non-hydrogen) atoms. The SMILES string of the molecule is O=C(CCc1ccc(F)c(F)c1)NCC1(O)CCC1. The van der Waals surface area contributed by atoms with Crippen molar-refractivity contribution in [1.82, 2.24) is 5.32 Å². The number of hydrogen-bond acceptors (Lipinski definition) is 2. The normalized spacial score (nSPS) is 16.8. The molecule has 0 radical (unpaired) electrons. The second kappa shape index (κ2) is 5.65. The molecule has 2 rings (SSSR count). The Morgan fingerprint density at radius 1 is 1.32 bits per heavy atom. The minimum absolute atomic E-state index is 0.190. The number of aliphatic hydroxyl groups is 1. The predicted octanol–water partition coefficient (Wildman–Crippen LogP) is 1.93. The summed E-state index contributed by atoms with van der Waals surface area (Å²) in [6, 6.07) is 3.62. The zero-order chi connectivity index (χ0) is 13.9. The number of amides is 1. The van der Waals surface area contributed by atoms with Crippen LogP contribution in [-0.4, -0.2) is 23.2 Å². The van der Waals surface area contributed by atoms with E-state index < -0.39 is 17.2 Å². The molecule has 1 aromatic carbocycles. The van der Waals surface area contributed by atoms with Gasteiger partial charge >= 0.3 is 0 Å². The van der Waals surface area contributed by atoms with Crippen molar-refractivity contribution in [3.05, 3.63) is 35.4 Å². The van der Waals surface area contributed by atoms with Gasteiger partial charge in [0.1, 0.15) is 0 Å². The highest BCUT2D eigenvalue weighted by Crippen LogP contribution is 2.30. The monoisotopic (exact) mass is 269 g/mol. The first kappa shape index (κ1) is 13.9. The van der Waals surface area contributed by atoms with Gasteiger partial charge in [-0.3, -0.25) is 4.79 Å². The smallest absolute Gasteiger partial charge is 0.220 e. The number of carbonyl (C=O) groups excluding carboxylic acids is 1. The zero-order valence-electron chi connectivity index (χ0n) is 10.6. The molecule has 0 spiro atoms. The second-order valence-electron chi connectivity index (χ2n) is 5.10. The first-order chi connectivity index (χ1) is 8.98. The van der Waals surface area contributed by atoms with Crippen molar-refractivity contribution in [3.8, 4) is 0 Å². The van der Waals surface area contributed by atoms with E-state index >= 15 is 0 Å². The summed E-state index contributed by atoms with van der Waals surface area (Å²) >= 11 is 0. The summed E-state index contributed by atoms with van der Waals surface area (Å²) in [4.78, 5) is 11.6. The molecule has 1 aromatic rings. The molecule has 1 saturated carbocycles. The highest BCUT2D eigenvalue weighted by atomic mass is 19.2. The third kappa shape index (κ3) is 3.73. The van der Waals surface area contributed by atoms with Crippen LogP contribution in [0.15, 0.2) is 18.2 Å². The fourth-order valence-electron chi connectivity index (χ4n) is 2.07. The lowest BCUT2D eigenvalue weighted by molar-refractivity contribution is -0.123. The standard InChI is InChI=1S/C14H17F2NO2/c15-11-4-2-10(8-12(11)16)3-5-13(18)17-9-14(19)6-1-7-14/h2,4,8,19H,1,3,5-7,9H2,(H,17,18). The maximum atomic E-state index is 13.0. The van der Waals surface area contributed by atoms with Crippen LogP contribution in [0.3, 0.4) is 0 Å². The summed E-state index contributed by atoms with van der Waals surface area (Å²) in [7, 11) is 0. The van der Waals surface area contributed by atoms with Crippen LogP contribution in [0, 0.1) is 11.6 Å². The lowest BCUT2D eigenvalue weighted by Crippen LogP contribution is -2.47. The van der Waals surface area contributed by atoms with Crippen LogP contribution in [0.1, 0.15) is 31.2 Å². The Labute approximate surface area is 110 Å². The van der Waals surface area contributed by atoms with Crippen molar-refractivity contribution in [2.24, 2.45) is 0 Å². The maximum Gasteiger partial charge on any atom is 0.220 e. The predicted molar refractivity (Wildman–Crippen MR) is 66.5 cm³/mol. The molecule has 1 fully saturated rings. The van der Waals surface area contributed by atoms with E-state index in [0.29, 0.717) is 12.0 Å². The van der Waals surface area contributed by atoms with E-state index in [2.05, 4.69) is 5.32 Å². The highest BCUT2D eigenvalue weighted by Gasteiger charge is 2.34. The maximum absolute atomic E-state index is 13.0. The average Bonchev–Trinajstić information content (AvgIpc) is 2.35. The zero-order valence-corrected chi connectivity index (χ0v) is 10.6. The van der Waals surface area contributed by atoms with E-state index in [-0.39, 0.29) is 18.9 Å². The number of nitrogens with one attached hydrogen (secondary N) is 1. The van der Waals surface area contributed by atoms with Crippen LogP contribution in [0.2, 0.25) is 0 Å². The van der Waals surface area contributed by atoms with E-state index in [1.54, 1.807) is 0 Å². The van der Waals surface area contributed by atoms with E-state index in [0.717, 1.165) is 31.4 Å². The topological polar surface area (TPSA) is 49.3 Å². The number of hydrogen-bond donors (Lipinski definition) is 2. The molecule has 0 saturated heterocycles. The van der Waals surface area contributed by atoms with Crippen molar-refractivity contribution < 1.29 is 18.7 Å². The lowest BCUT2D eigenvalue weighted by Gasteiger charge is -2.36. The van der Waals surface area contributed by atoms with Crippen LogP contribution >= 0.6 is 0 Å². The second-order valence-corrected chi connectivity index (χ2v) is 5.10. The molecular formula is C14H17F2NO2. The first-order valence-electron chi connectivity index (χ1n) is 6.42. The van der Waals surface area contributed by atoms with Gasteiger partial charge in [0.2, 0.25) is 5.91 Å². The molecule has 104 valence electrons. The molecule has 0 unspecified atom stereocenters. The minimum Gasteiger partial charge on any atom is -0.388 e. The Bertz CT molecular complexity index is 473. The molecule has 0 atom stereocenters. The summed E-state index contributed by atoms with van der Waals surface area (Å²) in [5, 5.41) is 12.5. The van der Waals surface area contributed by atoms with Gasteiger partial charge in [-0.25, -0.2) is 8.78 Å². The molecule has 0 aliphatic heterocycles. The van der Waals surface area contributed by atoms with Crippen LogP contribution in [0.4, 0.5) is 8.78 Å². The molecular weight excluding hydrogens is 252 g/mol. The van der Waals surface area contributed by atoms with Crippen molar-refractivity contribution in [2.45, 2.75) is 37.7 Å². The summed E-state index contributed by atoms with van der Waals surface area (Å²) in [5.41, 5.74) is -0.158. The Hall–Kier alpha value is -1.49. The first-order valence-corrected chi connectivity index (χ1v) is 6.42. The van der Waals surface area contributed by atoms with Crippen molar-refractivity contribution in [3.63, 3.8) is 0 Å². The molecule has 0 aromatic heterocycles. The summed E-state index contributed by atoms with van der Waals surface area (Å²) < 4.78 is 25.7. The van der Waals surface area contributed by atoms with Crippen molar-refractivity contribution in [2.75, 3.05) is 6.54 Å². The molecule has 2 N–H and O–H groups in total. The third-order valence-electron chi connectivity index (χ3n) is 3.52. The third-order valence-corrected chi connectivity index (χ3v) is 3.52. The number of carbonyl (C=O) groups is 1. The summed E-state index contributed by atoms with van der Waals surface area (Å²) in [6.45, 7) is 0.267. The molecule has 1 aliphatic rings. The fourth-order valence-corrected chi connectivity index (χ4v) is 2.07. The average molecular weight is 269 g/mol. The van der Waals surface area contributed by atoms with Gasteiger partial charge in [-0.2, -0.15) is 0 Å². The van der Waals surface area contributed by atoms with Gasteiger partial charge in [0.25, 0.3) is 0 Å². The van der Waals surface area contributed by atoms with Gasteiger partial charge in [0.15, 0.2) is 11.6 Å². The number of benzene rings is 1. The molecule has 1 aliphatic carbocycles. The Morgan fingerprint density at radius 3 is 2.63 bits per heavy atom. The Morgan fingerprint density at radius 2 is 2.05 bits per heavy atom. The van der Waals surface area contributed by atoms with E-state index in [9.17, 15) is 18.7 Å². The van der Waals surface area contributed by atoms with Crippen LogP contribution in [-0.2, 0) is 11.2 Å². The van der Waals surface area contributed by atoms with Gasteiger partial charge in [-0.15, -0.1) is 0 Å². The van der Waals surface area contributed by atoms with Gasteiger partial charge in [0, 0.05) is 13.0 Å². The van der Waals surface area contributed by atoms with Crippen LogP contribution in [0.5, 0.6) is 0 Å². The molecule has 5 heteroatoms. The fraction of sp³-hybridized carbons (Fsp3) is 0.500. The van der Waals surface area contributed by atoms with Crippen molar-refractivity contribution in [1.29, 1.82) is 0 Å². The summed E-state index contributed by atoms with van der Waals surface area (Å²) in [6.07, 6.45) is 2.97. The van der Waals surface area contributed by atoms with Crippen LogP contribution < -0.4 is 5.32 Å². The van der Waals surface area contributed by atoms with Gasteiger partial charge in [-0.05, 0) is 43.4 Å². The quantitative estimate of drug-likeness (QED) is 0.858. The largest absolute Gasteiger partial charge is 0.388 e. The summed E-state index contributed by atoms with van der Waals surface area (Å²) in [5.74, 6) is -1.98. The number of rotatable bonds is 5. The van der Waals surface area contributed by atoms with Gasteiger partial charge < -0.3 is 10.4 Å². The van der Waals surface area contributed by atoms with E-state index in [1.807, 2.05) is 0 Å². The minimum atomic E-state index is -0.901. The number of halogens is 2. The van der Waals surface area contributed by atoms with Gasteiger partial charge in [0.05, 0.1) is 5.60 Å². The Balaban J connectivity index is 1.75. The van der Waals surface area contributed by atoms with Gasteiger partial charge in [-0.1, -0.05) is 6.07 Å². The molecule has 0 heterocycles. The van der Waals surface area contributed by atoms with E-state index in [4.69, 9.17) is 0 Å². The van der Waals surface area contributed by atoms with Crippen molar-refractivity contribution >= 4 is 5.91 Å². The molecule has 3 nitrogen and oxygen atoms in total. The molecule has 1 amide bonds. The number of aryl methyl sites for hydroxylation is 1.